The summed E-state index contributed by atoms with van der Waals surface area (Å²) >= 11 is 0. The van der Waals surface area contributed by atoms with Gasteiger partial charge in [-0.15, -0.1) is 0 Å². The van der Waals surface area contributed by atoms with Gasteiger partial charge in [0.25, 0.3) is 0 Å². The van der Waals surface area contributed by atoms with Crippen molar-refractivity contribution in [2.75, 3.05) is 11.5 Å². The minimum atomic E-state index is 0.677. The van der Waals surface area contributed by atoms with E-state index in [1.165, 1.54) is 5.56 Å². The molecule has 4 N–H and O–H groups in total. The Balaban J connectivity index is 2.10. The van der Waals surface area contributed by atoms with Crippen LogP contribution in [0.5, 0.6) is 0 Å². The Morgan fingerprint density at radius 1 is 0.833 bits per heavy atom. The van der Waals surface area contributed by atoms with Crippen LogP contribution in [0.1, 0.15) is 5.56 Å². The van der Waals surface area contributed by atoms with Gasteiger partial charge in [0, 0.05) is 11.3 Å². The van der Waals surface area contributed by atoms with Crippen molar-refractivity contribution >= 4 is 22.4 Å². The van der Waals surface area contributed by atoms with Gasteiger partial charge in [-0.3, -0.25) is 4.57 Å². The maximum absolute atomic E-state index is 6.16. The van der Waals surface area contributed by atoms with Crippen LogP contribution in [0.4, 0.5) is 11.4 Å². The number of aromatic nitrogens is 2. The van der Waals surface area contributed by atoms with Crippen LogP contribution >= 0.6 is 0 Å². The van der Waals surface area contributed by atoms with E-state index >= 15 is 0 Å². The fraction of sp³-hybridized carbons (Fsp3) is 0.0500. The van der Waals surface area contributed by atoms with Crippen molar-refractivity contribution in [2.24, 2.45) is 0 Å². The first-order valence-corrected chi connectivity index (χ1v) is 7.84. The lowest BCUT2D eigenvalue weighted by Gasteiger charge is -2.12. The van der Waals surface area contributed by atoms with Crippen LogP contribution in [0.15, 0.2) is 66.7 Å². The molecule has 4 aromatic rings. The Hall–Kier alpha value is -3.27. The lowest BCUT2D eigenvalue weighted by Crippen LogP contribution is -2.00. The van der Waals surface area contributed by atoms with Crippen LogP contribution < -0.4 is 11.5 Å². The molecule has 4 heteroatoms. The Morgan fingerprint density at radius 3 is 2.33 bits per heavy atom. The molecule has 3 aromatic carbocycles. The highest BCUT2D eigenvalue weighted by Gasteiger charge is 2.16. The summed E-state index contributed by atoms with van der Waals surface area (Å²) in [6, 6.07) is 21.9. The monoisotopic (exact) mass is 314 g/mol. The topological polar surface area (TPSA) is 69.9 Å². The molecule has 1 aromatic heterocycles. The first-order valence-electron chi connectivity index (χ1n) is 7.84. The van der Waals surface area contributed by atoms with Crippen LogP contribution in [0.25, 0.3) is 28.1 Å². The first-order chi connectivity index (χ1) is 11.6. The molecule has 24 heavy (non-hydrogen) atoms. The molecule has 0 atom stereocenters. The van der Waals surface area contributed by atoms with Crippen LogP contribution in [-0.2, 0) is 0 Å². The summed E-state index contributed by atoms with van der Waals surface area (Å²) in [5, 5.41) is 0. The number of aryl methyl sites for hydroxylation is 1. The molecule has 4 nitrogen and oxygen atoms in total. The molecular weight excluding hydrogens is 296 g/mol. The second-order valence-electron chi connectivity index (χ2n) is 5.89. The van der Waals surface area contributed by atoms with Gasteiger partial charge >= 0.3 is 0 Å². The van der Waals surface area contributed by atoms with Gasteiger partial charge in [0.1, 0.15) is 11.3 Å². The van der Waals surface area contributed by atoms with Gasteiger partial charge < -0.3 is 11.5 Å². The summed E-state index contributed by atoms with van der Waals surface area (Å²) < 4.78 is 2.16. The molecule has 0 aliphatic rings. The maximum Gasteiger partial charge on any atom is 0.145 e. The zero-order valence-corrected chi connectivity index (χ0v) is 13.4. The van der Waals surface area contributed by atoms with Crippen LogP contribution in [0.2, 0.25) is 0 Å². The molecule has 0 saturated carbocycles. The maximum atomic E-state index is 6.16. The van der Waals surface area contributed by atoms with Crippen LogP contribution in [-0.4, -0.2) is 9.55 Å². The number of anilines is 2. The number of nitrogen functional groups attached to an aromatic ring is 2. The van der Waals surface area contributed by atoms with Gasteiger partial charge in [-0.25, -0.2) is 4.98 Å². The van der Waals surface area contributed by atoms with Crippen molar-refractivity contribution in [3.05, 3.63) is 72.3 Å². The van der Waals surface area contributed by atoms with Crippen molar-refractivity contribution in [2.45, 2.75) is 6.92 Å². The molecule has 0 bridgehead atoms. The highest BCUT2D eigenvalue weighted by molar-refractivity contribution is 5.92. The van der Waals surface area contributed by atoms with Crippen LogP contribution in [0.3, 0.4) is 0 Å². The molecule has 0 amide bonds. The number of fused-ring (bicyclic) bond motifs is 1. The number of para-hydroxylation sites is 2. The number of hydrogen-bond donors (Lipinski definition) is 2. The van der Waals surface area contributed by atoms with E-state index in [1.807, 2.05) is 54.6 Å². The molecule has 0 fully saturated rings. The van der Waals surface area contributed by atoms with E-state index in [4.69, 9.17) is 16.5 Å². The van der Waals surface area contributed by atoms with Crippen molar-refractivity contribution in [3.63, 3.8) is 0 Å². The average molecular weight is 314 g/mol. The number of rotatable bonds is 2. The van der Waals surface area contributed by atoms with Crippen molar-refractivity contribution in [3.8, 4) is 17.1 Å². The fourth-order valence-electron chi connectivity index (χ4n) is 3.00. The predicted molar refractivity (Wildman–Crippen MR) is 100 cm³/mol. The predicted octanol–water partition coefficient (Wildman–Crippen LogP) is 4.17. The molecule has 118 valence electrons. The second kappa shape index (κ2) is 5.42. The second-order valence-corrected chi connectivity index (χ2v) is 5.89. The molecule has 0 spiro atoms. The number of nitrogens with zero attached hydrogens (tertiary/aromatic N) is 2. The lowest BCUT2D eigenvalue weighted by molar-refractivity contribution is 1.08. The molecule has 0 aliphatic heterocycles. The van der Waals surface area contributed by atoms with Crippen molar-refractivity contribution in [1.29, 1.82) is 0 Å². The smallest absolute Gasteiger partial charge is 0.145 e. The summed E-state index contributed by atoms with van der Waals surface area (Å²) in [4.78, 5) is 4.83. The number of hydrogen-bond acceptors (Lipinski definition) is 3. The number of nitrogens with two attached hydrogens (primary N) is 2. The van der Waals surface area contributed by atoms with Crippen LogP contribution in [0, 0.1) is 6.92 Å². The van der Waals surface area contributed by atoms with Gasteiger partial charge in [-0.2, -0.15) is 0 Å². The van der Waals surface area contributed by atoms with Crippen molar-refractivity contribution < 1.29 is 0 Å². The largest absolute Gasteiger partial charge is 0.399 e. The third kappa shape index (κ3) is 2.20. The zero-order chi connectivity index (χ0) is 16.7. The van der Waals surface area contributed by atoms with E-state index in [0.717, 1.165) is 33.8 Å². The highest BCUT2D eigenvalue weighted by Crippen LogP contribution is 2.32. The lowest BCUT2D eigenvalue weighted by atomic mass is 10.1. The minimum Gasteiger partial charge on any atom is -0.399 e. The van der Waals surface area contributed by atoms with E-state index in [9.17, 15) is 0 Å². The first kappa shape index (κ1) is 14.3. The fourth-order valence-corrected chi connectivity index (χ4v) is 3.00. The average Bonchev–Trinajstić information content (AvgIpc) is 2.97. The van der Waals surface area contributed by atoms with E-state index in [2.05, 4.69) is 23.6 Å². The minimum absolute atomic E-state index is 0.677. The molecule has 1 heterocycles. The molecule has 0 saturated heterocycles. The zero-order valence-electron chi connectivity index (χ0n) is 13.4. The van der Waals surface area contributed by atoms with Gasteiger partial charge in [-0.05, 0) is 55.0 Å². The highest BCUT2D eigenvalue weighted by atomic mass is 15.1. The Labute approximate surface area is 140 Å². The van der Waals surface area contributed by atoms with Gasteiger partial charge in [0.15, 0.2) is 0 Å². The van der Waals surface area contributed by atoms with E-state index in [1.54, 1.807) is 0 Å². The third-order valence-corrected chi connectivity index (χ3v) is 4.24. The molecule has 0 aliphatic carbocycles. The van der Waals surface area contributed by atoms with E-state index in [-0.39, 0.29) is 0 Å². The molecule has 0 unspecified atom stereocenters. The number of benzene rings is 3. The van der Waals surface area contributed by atoms with E-state index < -0.39 is 0 Å². The van der Waals surface area contributed by atoms with Gasteiger partial charge in [-0.1, -0.05) is 24.3 Å². The quantitative estimate of drug-likeness (QED) is 0.546. The summed E-state index contributed by atoms with van der Waals surface area (Å²) in [5.74, 6) is 0.859. The Bertz CT molecular complexity index is 1030. The summed E-state index contributed by atoms with van der Waals surface area (Å²) in [5.41, 5.74) is 18.5. The molecule has 0 radical (unpaired) electrons. The normalized spacial score (nSPS) is 11.0. The molecule has 4 rings (SSSR count). The Morgan fingerprint density at radius 2 is 1.58 bits per heavy atom. The summed E-state index contributed by atoms with van der Waals surface area (Å²) in [7, 11) is 0. The van der Waals surface area contributed by atoms with E-state index in [0.29, 0.717) is 5.69 Å². The standard InChI is InChI=1S/C20H18N4/c1-13-5-2-3-7-17(13)24-18-8-4-6-16(22)19(18)23-20(24)14-9-11-15(21)12-10-14/h2-12H,21-22H2,1H3. The third-order valence-electron chi connectivity index (χ3n) is 4.24. The number of imidazole rings is 1. The van der Waals surface area contributed by atoms with Gasteiger partial charge in [0.05, 0.1) is 16.9 Å². The summed E-state index contributed by atoms with van der Waals surface area (Å²) in [6.07, 6.45) is 0. The van der Waals surface area contributed by atoms with Gasteiger partial charge in [0.2, 0.25) is 0 Å². The molecular formula is C20H18N4. The Kier molecular flexibility index (Phi) is 3.24. The summed E-state index contributed by atoms with van der Waals surface area (Å²) in [6.45, 7) is 2.10. The van der Waals surface area contributed by atoms with Crippen molar-refractivity contribution in [1.82, 2.24) is 9.55 Å². The SMILES string of the molecule is Cc1ccccc1-n1c(-c2ccc(N)cc2)nc2c(N)cccc21.